The first-order chi connectivity index (χ1) is 7.22. The standard InChI is InChI=1S/C12H13NO2/c1-2-9-13-11-6-3-10(4-7-11)5-8-12(14)15/h2-8,13H,1,9H2,(H,14,15). The smallest absolute Gasteiger partial charge is 0.328 e. The van der Waals surface area contributed by atoms with Crippen LogP contribution < -0.4 is 5.32 Å². The van der Waals surface area contributed by atoms with Gasteiger partial charge in [0.15, 0.2) is 0 Å². The number of benzene rings is 1. The molecular weight excluding hydrogens is 190 g/mol. The van der Waals surface area contributed by atoms with Crippen LogP contribution in [0.1, 0.15) is 5.56 Å². The van der Waals surface area contributed by atoms with E-state index in [2.05, 4.69) is 11.9 Å². The van der Waals surface area contributed by atoms with Gasteiger partial charge >= 0.3 is 5.97 Å². The lowest BCUT2D eigenvalue weighted by atomic mass is 10.2. The Morgan fingerprint density at radius 2 is 2.07 bits per heavy atom. The summed E-state index contributed by atoms with van der Waals surface area (Å²) in [5.41, 5.74) is 1.85. The fraction of sp³-hybridized carbons (Fsp3) is 0.0833. The van der Waals surface area contributed by atoms with Crippen molar-refractivity contribution in [1.82, 2.24) is 0 Å². The fourth-order valence-electron chi connectivity index (χ4n) is 1.07. The van der Waals surface area contributed by atoms with Gasteiger partial charge in [-0.05, 0) is 23.8 Å². The monoisotopic (exact) mass is 203 g/mol. The molecule has 0 fully saturated rings. The van der Waals surface area contributed by atoms with Gasteiger partial charge in [-0.3, -0.25) is 0 Å². The molecule has 1 rings (SSSR count). The first kappa shape index (κ1) is 11.0. The highest BCUT2D eigenvalue weighted by molar-refractivity contribution is 5.85. The molecule has 0 aliphatic heterocycles. The summed E-state index contributed by atoms with van der Waals surface area (Å²) in [6, 6.07) is 7.49. The van der Waals surface area contributed by atoms with Gasteiger partial charge in [0, 0.05) is 18.3 Å². The van der Waals surface area contributed by atoms with Crippen LogP contribution >= 0.6 is 0 Å². The molecule has 0 unspecified atom stereocenters. The van der Waals surface area contributed by atoms with Crippen LogP contribution in [0, 0.1) is 0 Å². The van der Waals surface area contributed by atoms with Crippen LogP contribution in [0.3, 0.4) is 0 Å². The van der Waals surface area contributed by atoms with Crippen molar-refractivity contribution < 1.29 is 9.90 Å². The van der Waals surface area contributed by atoms with Gasteiger partial charge in [-0.2, -0.15) is 0 Å². The topological polar surface area (TPSA) is 49.3 Å². The Bertz CT molecular complexity index is 366. The van der Waals surface area contributed by atoms with Gasteiger partial charge < -0.3 is 10.4 Å². The number of hydrogen-bond donors (Lipinski definition) is 2. The van der Waals surface area contributed by atoms with E-state index in [1.54, 1.807) is 12.2 Å². The number of carboxylic acids is 1. The lowest BCUT2D eigenvalue weighted by Gasteiger charge is -2.02. The minimum Gasteiger partial charge on any atom is -0.478 e. The summed E-state index contributed by atoms with van der Waals surface area (Å²) in [5, 5.41) is 11.6. The van der Waals surface area contributed by atoms with E-state index < -0.39 is 5.97 Å². The maximum Gasteiger partial charge on any atom is 0.328 e. The molecule has 15 heavy (non-hydrogen) atoms. The summed E-state index contributed by atoms with van der Waals surface area (Å²) in [4.78, 5) is 10.3. The highest BCUT2D eigenvalue weighted by Gasteiger charge is 1.91. The van der Waals surface area contributed by atoms with E-state index in [1.807, 2.05) is 24.3 Å². The molecule has 0 radical (unpaired) electrons. The highest BCUT2D eigenvalue weighted by atomic mass is 16.4. The van der Waals surface area contributed by atoms with Gasteiger partial charge in [0.2, 0.25) is 0 Å². The molecule has 78 valence electrons. The third-order valence-corrected chi connectivity index (χ3v) is 1.78. The van der Waals surface area contributed by atoms with E-state index in [1.165, 1.54) is 0 Å². The molecule has 0 bridgehead atoms. The van der Waals surface area contributed by atoms with E-state index in [0.717, 1.165) is 17.3 Å². The summed E-state index contributed by atoms with van der Waals surface area (Å²) in [5.74, 6) is -0.941. The molecular formula is C12H13NO2. The molecule has 1 aromatic rings. The Morgan fingerprint density at radius 3 is 2.60 bits per heavy atom. The average Bonchev–Trinajstić information content (AvgIpc) is 2.25. The number of nitrogens with one attached hydrogen (secondary N) is 1. The van der Waals surface area contributed by atoms with Crippen molar-refractivity contribution in [3.8, 4) is 0 Å². The van der Waals surface area contributed by atoms with Gasteiger partial charge in [-0.25, -0.2) is 4.79 Å². The first-order valence-corrected chi connectivity index (χ1v) is 4.58. The van der Waals surface area contributed by atoms with Crippen LogP contribution in [-0.4, -0.2) is 17.6 Å². The molecule has 1 aromatic carbocycles. The molecule has 3 nitrogen and oxygen atoms in total. The first-order valence-electron chi connectivity index (χ1n) is 4.58. The molecule has 0 aromatic heterocycles. The molecule has 2 N–H and O–H groups in total. The van der Waals surface area contributed by atoms with E-state index in [-0.39, 0.29) is 0 Å². The summed E-state index contributed by atoms with van der Waals surface area (Å²) >= 11 is 0. The number of rotatable bonds is 5. The zero-order chi connectivity index (χ0) is 11.1. The van der Waals surface area contributed by atoms with Crippen molar-refractivity contribution in [3.05, 3.63) is 48.6 Å². The summed E-state index contributed by atoms with van der Waals surface area (Å²) in [6.45, 7) is 4.32. The SMILES string of the molecule is C=CCNc1ccc(C=CC(=O)O)cc1. The zero-order valence-corrected chi connectivity index (χ0v) is 8.31. The highest BCUT2D eigenvalue weighted by Crippen LogP contribution is 2.10. The number of carbonyl (C=O) groups is 1. The second kappa shape index (κ2) is 5.65. The minimum atomic E-state index is -0.941. The van der Waals surface area contributed by atoms with Crippen LogP contribution in [-0.2, 0) is 4.79 Å². The van der Waals surface area contributed by atoms with Gasteiger partial charge in [-0.1, -0.05) is 18.2 Å². The number of hydrogen-bond acceptors (Lipinski definition) is 2. The third-order valence-electron chi connectivity index (χ3n) is 1.78. The lowest BCUT2D eigenvalue weighted by Crippen LogP contribution is -1.96. The van der Waals surface area contributed by atoms with E-state index >= 15 is 0 Å². The Labute approximate surface area is 88.7 Å². The Balaban J connectivity index is 2.63. The van der Waals surface area contributed by atoms with Crippen molar-refractivity contribution in [3.63, 3.8) is 0 Å². The van der Waals surface area contributed by atoms with Gasteiger partial charge in [0.1, 0.15) is 0 Å². The van der Waals surface area contributed by atoms with Crippen LogP contribution in [0.25, 0.3) is 6.08 Å². The molecule has 0 atom stereocenters. The summed E-state index contributed by atoms with van der Waals surface area (Å²) in [6.07, 6.45) is 4.45. The van der Waals surface area contributed by atoms with Crippen molar-refractivity contribution >= 4 is 17.7 Å². The maximum absolute atomic E-state index is 10.3. The second-order valence-electron chi connectivity index (χ2n) is 2.96. The lowest BCUT2D eigenvalue weighted by molar-refractivity contribution is -0.131. The van der Waals surface area contributed by atoms with E-state index in [9.17, 15) is 4.79 Å². The predicted octanol–water partition coefficient (Wildman–Crippen LogP) is 2.38. The third kappa shape index (κ3) is 4.13. The zero-order valence-electron chi connectivity index (χ0n) is 8.31. The van der Waals surface area contributed by atoms with Gasteiger partial charge in [0.25, 0.3) is 0 Å². The second-order valence-corrected chi connectivity index (χ2v) is 2.96. The van der Waals surface area contributed by atoms with E-state index in [4.69, 9.17) is 5.11 Å². The number of carboxylic acid groups (broad SMARTS) is 1. The predicted molar refractivity (Wildman–Crippen MR) is 61.8 cm³/mol. The molecule has 0 saturated carbocycles. The molecule has 3 heteroatoms. The quantitative estimate of drug-likeness (QED) is 0.570. The van der Waals surface area contributed by atoms with Crippen molar-refractivity contribution in [1.29, 1.82) is 0 Å². The Hall–Kier alpha value is -2.03. The Morgan fingerprint density at radius 1 is 1.40 bits per heavy atom. The molecule has 0 aliphatic carbocycles. The normalized spacial score (nSPS) is 10.1. The minimum absolute atomic E-state index is 0.713. The van der Waals surface area contributed by atoms with Crippen LogP contribution in [0.5, 0.6) is 0 Å². The van der Waals surface area contributed by atoms with E-state index in [0.29, 0.717) is 6.54 Å². The Kier molecular flexibility index (Phi) is 4.16. The molecule has 0 aliphatic rings. The van der Waals surface area contributed by atoms with Crippen LogP contribution in [0.4, 0.5) is 5.69 Å². The molecule has 0 saturated heterocycles. The van der Waals surface area contributed by atoms with Crippen LogP contribution in [0.15, 0.2) is 43.0 Å². The van der Waals surface area contributed by atoms with Gasteiger partial charge in [-0.15, -0.1) is 6.58 Å². The number of aliphatic carboxylic acids is 1. The largest absolute Gasteiger partial charge is 0.478 e. The fourth-order valence-corrected chi connectivity index (χ4v) is 1.07. The molecule has 0 amide bonds. The summed E-state index contributed by atoms with van der Waals surface area (Å²) in [7, 11) is 0. The van der Waals surface area contributed by atoms with Crippen molar-refractivity contribution in [2.45, 2.75) is 0 Å². The molecule has 0 heterocycles. The molecule has 0 spiro atoms. The summed E-state index contributed by atoms with van der Waals surface area (Å²) < 4.78 is 0. The number of anilines is 1. The van der Waals surface area contributed by atoms with Crippen molar-refractivity contribution in [2.24, 2.45) is 0 Å². The van der Waals surface area contributed by atoms with Gasteiger partial charge in [0.05, 0.1) is 0 Å². The van der Waals surface area contributed by atoms with Crippen molar-refractivity contribution in [2.75, 3.05) is 11.9 Å². The maximum atomic E-state index is 10.3. The average molecular weight is 203 g/mol. The van der Waals surface area contributed by atoms with Crippen LogP contribution in [0.2, 0.25) is 0 Å².